The second kappa shape index (κ2) is 10.8. The van der Waals surface area contributed by atoms with Crippen molar-refractivity contribution in [1.82, 2.24) is 14.5 Å². The van der Waals surface area contributed by atoms with Crippen LogP contribution in [0.25, 0.3) is 0 Å². The highest BCUT2D eigenvalue weighted by Gasteiger charge is 2.55. The van der Waals surface area contributed by atoms with Gasteiger partial charge in [-0.25, -0.2) is 13.6 Å². The number of amides is 1. The lowest BCUT2D eigenvalue weighted by molar-refractivity contribution is -0.0514. The van der Waals surface area contributed by atoms with Gasteiger partial charge in [0.1, 0.15) is 6.17 Å². The molecule has 3 saturated carbocycles. The minimum atomic E-state index is -1.00. The van der Waals surface area contributed by atoms with E-state index in [2.05, 4.69) is 9.64 Å². The summed E-state index contributed by atoms with van der Waals surface area (Å²) in [5.41, 5.74) is 0.362. The average Bonchev–Trinajstić information content (AvgIpc) is 3.16. The molecule has 8 rings (SSSR count). The van der Waals surface area contributed by atoms with Crippen LogP contribution in [0.15, 0.2) is 29.2 Å². The monoisotopic (exact) mass is 600 g/mol. The quantitative estimate of drug-likeness (QED) is 0.387. The number of ether oxygens (including phenoxy) is 4. The smallest absolute Gasteiger partial charge is 0.451 e. The second-order valence-electron chi connectivity index (χ2n) is 12.0. The SMILES string of the molecule is COC(=O)OCOc1c2n(ccc1=O)N([C@H]1c3ccc(F)c(F)c3CN(C)[C@@H]3C4CCC(CC4)[C@H]31)[C@@H]1COCCN1C2=O. The molecule has 2 aromatic rings. The third kappa shape index (κ3) is 4.38. The summed E-state index contributed by atoms with van der Waals surface area (Å²) >= 11 is 0. The van der Waals surface area contributed by atoms with Gasteiger partial charge in [0.15, 0.2) is 17.3 Å². The molecule has 13 heteroatoms. The van der Waals surface area contributed by atoms with Crippen LogP contribution >= 0.6 is 0 Å². The number of carbonyl (C=O) groups is 2. The van der Waals surface area contributed by atoms with E-state index in [4.69, 9.17) is 14.2 Å². The fourth-order valence-electron chi connectivity index (χ4n) is 8.37. The fourth-order valence-corrected chi connectivity index (χ4v) is 8.37. The number of fused-ring (bicyclic) bond motifs is 5. The van der Waals surface area contributed by atoms with E-state index in [1.165, 1.54) is 18.3 Å². The van der Waals surface area contributed by atoms with Gasteiger partial charge in [0.25, 0.3) is 5.91 Å². The van der Waals surface area contributed by atoms with Gasteiger partial charge in [-0.15, -0.1) is 0 Å². The van der Waals surface area contributed by atoms with E-state index < -0.39 is 48.1 Å². The van der Waals surface area contributed by atoms with Gasteiger partial charge in [0.05, 0.1) is 26.4 Å². The lowest BCUT2D eigenvalue weighted by atomic mass is 9.58. The molecule has 0 spiro atoms. The van der Waals surface area contributed by atoms with E-state index >= 15 is 4.39 Å². The Morgan fingerprint density at radius 3 is 2.63 bits per heavy atom. The number of carbonyl (C=O) groups excluding carboxylic acids is 2. The van der Waals surface area contributed by atoms with Crippen LogP contribution in [0, 0.1) is 29.4 Å². The molecule has 1 amide bonds. The summed E-state index contributed by atoms with van der Waals surface area (Å²) in [6, 6.07) is 3.77. The van der Waals surface area contributed by atoms with E-state index in [0.29, 0.717) is 29.6 Å². The van der Waals surface area contributed by atoms with Crippen molar-refractivity contribution in [2.45, 2.75) is 50.5 Å². The third-order valence-electron chi connectivity index (χ3n) is 10.1. The number of hydrogen-bond acceptors (Lipinski definition) is 9. The van der Waals surface area contributed by atoms with E-state index in [1.807, 2.05) is 12.1 Å². The van der Waals surface area contributed by atoms with Crippen molar-refractivity contribution in [3.8, 4) is 5.75 Å². The van der Waals surface area contributed by atoms with Crippen LogP contribution in [-0.2, 0) is 20.8 Å². The number of nitrogens with zero attached hydrogens (tertiary/aromatic N) is 4. The highest BCUT2D eigenvalue weighted by Crippen LogP contribution is 2.55. The van der Waals surface area contributed by atoms with Crippen molar-refractivity contribution in [3.05, 3.63) is 63.1 Å². The van der Waals surface area contributed by atoms with Crippen LogP contribution in [0.1, 0.15) is 53.3 Å². The van der Waals surface area contributed by atoms with E-state index in [9.17, 15) is 18.8 Å². The highest BCUT2D eigenvalue weighted by atomic mass is 19.2. The molecule has 11 nitrogen and oxygen atoms in total. The molecule has 6 aliphatic rings. The second-order valence-corrected chi connectivity index (χ2v) is 12.0. The molecule has 0 radical (unpaired) electrons. The van der Waals surface area contributed by atoms with Crippen molar-refractivity contribution < 1.29 is 37.3 Å². The van der Waals surface area contributed by atoms with Crippen LogP contribution in [0.5, 0.6) is 5.75 Å². The Hall–Kier alpha value is -3.71. The molecule has 43 heavy (non-hydrogen) atoms. The maximum absolute atomic E-state index is 15.7. The molecule has 1 aromatic carbocycles. The number of hydrogen-bond donors (Lipinski definition) is 0. The molecule has 1 saturated heterocycles. The number of rotatable bonds is 4. The minimum absolute atomic E-state index is 0.0277. The largest absolute Gasteiger partial charge is 0.510 e. The first-order valence-electron chi connectivity index (χ1n) is 14.7. The van der Waals surface area contributed by atoms with Crippen molar-refractivity contribution in [3.63, 3.8) is 0 Å². The highest BCUT2D eigenvalue weighted by molar-refractivity contribution is 5.96. The lowest BCUT2D eigenvalue weighted by Gasteiger charge is -2.58. The van der Waals surface area contributed by atoms with Crippen molar-refractivity contribution in [2.75, 3.05) is 45.7 Å². The zero-order chi connectivity index (χ0) is 30.0. The topological polar surface area (TPSA) is 103 Å². The number of halogens is 2. The Morgan fingerprint density at radius 2 is 1.86 bits per heavy atom. The molecule has 4 heterocycles. The summed E-state index contributed by atoms with van der Waals surface area (Å²) in [6.07, 6.45) is 4.17. The fraction of sp³-hybridized carbons (Fsp3) is 0.567. The normalized spacial score (nSPS) is 29.6. The van der Waals surface area contributed by atoms with Gasteiger partial charge in [-0.05, 0) is 56.2 Å². The summed E-state index contributed by atoms with van der Waals surface area (Å²) in [4.78, 5) is 42.5. The molecule has 230 valence electrons. The number of aromatic nitrogens is 1. The first-order valence-corrected chi connectivity index (χ1v) is 14.7. The standard InChI is InChI=1S/C30H34F2N4O7/c1-33-13-19-18(7-8-20(31)24(19)32)26(23-16-3-5-17(6-4-16)25(23)33)36-22-14-41-12-11-34(22)29(38)27-28(21(37)9-10-35(27)36)42-15-43-30(39)40-2/h7-10,16-17,22-23,25-26H,3-6,11-15H2,1-2H3/t16?,17?,22-,23-,25-,26+/m1/s1. The van der Waals surface area contributed by atoms with Crippen molar-refractivity contribution in [1.29, 1.82) is 0 Å². The van der Waals surface area contributed by atoms with E-state index in [1.54, 1.807) is 15.6 Å². The number of benzene rings is 1. The summed E-state index contributed by atoms with van der Waals surface area (Å²) in [5.74, 6) is -1.73. The number of morpholine rings is 1. The van der Waals surface area contributed by atoms with Crippen LogP contribution in [-0.4, -0.2) is 79.5 Å². The van der Waals surface area contributed by atoms with Gasteiger partial charge in [-0.3, -0.25) is 24.2 Å². The minimum Gasteiger partial charge on any atom is -0.451 e. The first kappa shape index (κ1) is 28.1. The number of methoxy groups -OCH3 is 1. The Labute approximate surface area is 246 Å². The molecule has 0 unspecified atom stereocenters. The molecule has 4 atom stereocenters. The molecule has 0 N–H and O–H groups in total. The van der Waals surface area contributed by atoms with Gasteiger partial charge in [-0.2, -0.15) is 0 Å². The Morgan fingerprint density at radius 1 is 1.09 bits per heavy atom. The zero-order valence-electron chi connectivity index (χ0n) is 24.0. The predicted octanol–water partition coefficient (Wildman–Crippen LogP) is 2.99. The first-order chi connectivity index (χ1) is 20.8. The van der Waals surface area contributed by atoms with Crippen LogP contribution in [0.4, 0.5) is 13.6 Å². The molecular weight excluding hydrogens is 566 g/mol. The third-order valence-corrected chi connectivity index (χ3v) is 10.1. The van der Waals surface area contributed by atoms with Crippen molar-refractivity contribution in [2.24, 2.45) is 17.8 Å². The number of pyridine rings is 1. The molecule has 2 bridgehead atoms. The van der Waals surface area contributed by atoms with E-state index in [-0.39, 0.29) is 43.1 Å². The molecular formula is C30H34F2N4O7. The van der Waals surface area contributed by atoms with Gasteiger partial charge in [0, 0.05) is 42.9 Å². The Balaban J connectivity index is 1.44. The molecule has 3 aliphatic carbocycles. The molecule has 1 aromatic heterocycles. The predicted molar refractivity (Wildman–Crippen MR) is 147 cm³/mol. The lowest BCUT2D eigenvalue weighted by Crippen LogP contribution is -2.68. The maximum atomic E-state index is 15.7. The van der Waals surface area contributed by atoms with Gasteiger partial charge >= 0.3 is 6.16 Å². The summed E-state index contributed by atoms with van der Waals surface area (Å²) in [5, 5.41) is 2.01. The van der Waals surface area contributed by atoms with Crippen LogP contribution in [0.3, 0.4) is 0 Å². The summed E-state index contributed by atoms with van der Waals surface area (Å²) in [7, 11) is 3.13. The van der Waals surface area contributed by atoms with Crippen LogP contribution in [0.2, 0.25) is 0 Å². The molecule has 4 fully saturated rings. The van der Waals surface area contributed by atoms with Crippen LogP contribution < -0.4 is 15.2 Å². The van der Waals surface area contributed by atoms with Gasteiger partial charge < -0.3 is 23.8 Å². The Kier molecular flexibility index (Phi) is 7.04. The summed E-state index contributed by atoms with van der Waals surface area (Å²) in [6.45, 7) is 0.367. The van der Waals surface area contributed by atoms with Gasteiger partial charge in [0.2, 0.25) is 18.0 Å². The van der Waals surface area contributed by atoms with E-state index in [0.717, 1.165) is 32.8 Å². The molecule has 3 aliphatic heterocycles. The Bertz CT molecular complexity index is 1510. The maximum Gasteiger partial charge on any atom is 0.510 e. The zero-order valence-corrected chi connectivity index (χ0v) is 24.0. The summed E-state index contributed by atoms with van der Waals surface area (Å²) < 4.78 is 52.9. The van der Waals surface area contributed by atoms with Crippen molar-refractivity contribution >= 4 is 12.1 Å². The van der Waals surface area contributed by atoms with Gasteiger partial charge in [-0.1, -0.05) is 6.07 Å². The average molecular weight is 601 g/mol.